The van der Waals surface area contributed by atoms with Gasteiger partial charge in [-0.25, -0.2) is 14.4 Å². The number of amides is 1. The number of hydrogen-bond donors (Lipinski definition) is 2. The van der Waals surface area contributed by atoms with E-state index >= 15 is 0 Å². The van der Waals surface area contributed by atoms with Crippen LogP contribution in [0.3, 0.4) is 0 Å². The zero-order valence-electron chi connectivity index (χ0n) is 19.2. The lowest BCUT2D eigenvalue weighted by atomic mass is 10.1. The van der Waals surface area contributed by atoms with Crippen molar-refractivity contribution in [2.75, 3.05) is 5.32 Å². The fourth-order valence-electron chi connectivity index (χ4n) is 3.04. The smallest absolute Gasteiger partial charge is 0.349 e. The summed E-state index contributed by atoms with van der Waals surface area (Å²) in [6.45, 7) is 3.62. The number of carboxylic acid groups (broad SMARTS) is 1. The number of hydrogen-bond acceptors (Lipinski definition) is 6. The van der Waals surface area contributed by atoms with Crippen LogP contribution in [0.5, 0.6) is 0 Å². The minimum Gasteiger partial charge on any atom is -0.478 e. The maximum absolute atomic E-state index is 13.1. The molecule has 0 aliphatic heterocycles. The van der Waals surface area contributed by atoms with Gasteiger partial charge in [-0.05, 0) is 56.3 Å². The van der Waals surface area contributed by atoms with Gasteiger partial charge in [0, 0.05) is 5.02 Å². The Morgan fingerprint density at radius 2 is 1.22 bits per heavy atom. The lowest BCUT2D eigenvalue weighted by Gasteiger charge is -2.24. The van der Waals surface area contributed by atoms with Gasteiger partial charge in [-0.15, -0.1) is 0 Å². The highest BCUT2D eigenvalue weighted by molar-refractivity contribution is 6.36. The van der Waals surface area contributed by atoms with Crippen LogP contribution >= 0.6 is 23.2 Å². The molecule has 0 saturated heterocycles. The summed E-state index contributed by atoms with van der Waals surface area (Å²) in [7, 11) is 0. The maximum atomic E-state index is 13.1. The van der Waals surface area contributed by atoms with E-state index in [1.54, 1.807) is 24.3 Å². The van der Waals surface area contributed by atoms with Gasteiger partial charge in [-0.3, -0.25) is 4.79 Å². The van der Waals surface area contributed by atoms with Crippen LogP contribution in [0.1, 0.15) is 31.8 Å². The zero-order valence-corrected chi connectivity index (χ0v) is 20.7. The van der Waals surface area contributed by atoms with Crippen LogP contribution in [0.4, 0.5) is 5.69 Å². The third-order valence-corrected chi connectivity index (χ3v) is 5.56. The van der Waals surface area contributed by atoms with Crippen molar-refractivity contribution in [1.82, 2.24) is 0 Å². The zero-order chi connectivity index (χ0) is 26.4. The normalized spacial score (nSPS) is 12.2. The number of anilines is 1. The summed E-state index contributed by atoms with van der Waals surface area (Å²) >= 11 is 12.0. The Morgan fingerprint density at radius 1 is 0.750 bits per heavy atom. The molecule has 0 heterocycles. The van der Waals surface area contributed by atoms with E-state index in [0.717, 1.165) is 11.1 Å². The van der Waals surface area contributed by atoms with Gasteiger partial charge in [-0.2, -0.15) is 0 Å². The largest absolute Gasteiger partial charge is 0.478 e. The summed E-state index contributed by atoms with van der Waals surface area (Å²) in [5.41, 5.74) is 1.93. The van der Waals surface area contributed by atoms with Crippen molar-refractivity contribution in [3.8, 4) is 0 Å². The molecule has 3 rings (SSSR count). The van der Waals surface area contributed by atoms with Gasteiger partial charge in [0.2, 0.25) is 12.2 Å². The number of aryl methyl sites for hydroxylation is 2. The number of ether oxygens (including phenoxy) is 2. The van der Waals surface area contributed by atoms with Gasteiger partial charge in [-0.1, -0.05) is 58.6 Å². The van der Waals surface area contributed by atoms with E-state index in [1.165, 1.54) is 42.5 Å². The van der Waals surface area contributed by atoms with E-state index in [9.17, 15) is 24.3 Å². The molecule has 3 aromatic rings. The van der Waals surface area contributed by atoms with Crippen LogP contribution in [0, 0.1) is 13.8 Å². The van der Waals surface area contributed by atoms with Gasteiger partial charge in [0.1, 0.15) is 0 Å². The van der Waals surface area contributed by atoms with E-state index in [-0.39, 0.29) is 21.8 Å². The number of nitrogens with one attached hydrogen (secondary N) is 1. The highest BCUT2D eigenvalue weighted by atomic mass is 35.5. The molecule has 0 radical (unpaired) electrons. The minimum absolute atomic E-state index is 0.0524. The number of carbonyl (C=O) groups is 4. The summed E-state index contributed by atoms with van der Waals surface area (Å²) in [4.78, 5) is 50.7. The lowest BCUT2D eigenvalue weighted by molar-refractivity contribution is -0.157. The highest BCUT2D eigenvalue weighted by Gasteiger charge is 2.41. The predicted molar refractivity (Wildman–Crippen MR) is 133 cm³/mol. The number of benzene rings is 3. The third kappa shape index (κ3) is 6.84. The van der Waals surface area contributed by atoms with E-state index in [1.807, 2.05) is 13.8 Å². The molecular formula is C26H21Cl2NO7. The van der Waals surface area contributed by atoms with E-state index in [2.05, 4.69) is 5.32 Å². The number of halogens is 2. The number of rotatable bonds is 8. The van der Waals surface area contributed by atoms with Crippen molar-refractivity contribution < 1.29 is 33.8 Å². The van der Waals surface area contributed by atoms with E-state index < -0.39 is 36.0 Å². The maximum Gasteiger partial charge on any atom is 0.349 e. The fraction of sp³-hybridized carbons (Fsp3) is 0.154. The van der Waals surface area contributed by atoms with Gasteiger partial charge in [0.05, 0.1) is 21.8 Å². The Balaban J connectivity index is 1.92. The molecule has 0 unspecified atom stereocenters. The van der Waals surface area contributed by atoms with Crippen LogP contribution in [0.2, 0.25) is 10.0 Å². The predicted octanol–water partition coefficient (Wildman–Crippen LogP) is 5.08. The lowest BCUT2D eigenvalue weighted by Crippen LogP contribution is -2.48. The van der Waals surface area contributed by atoms with Crippen LogP contribution in [-0.2, 0) is 19.1 Å². The first-order valence-corrected chi connectivity index (χ1v) is 11.3. The Hall–Kier alpha value is -3.88. The molecule has 0 aromatic heterocycles. The van der Waals surface area contributed by atoms with Crippen molar-refractivity contribution in [3.63, 3.8) is 0 Å². The van der Waals surface area contributed by atoms with Crippen LogP contribution < -0.4 is 5.32 Å². The average Bonchev–Trinajstić information content (AvgIpc) is 2.83. The van der Waals surface area contributed by atoms with Gasteiger partial charge in [0.15, 0.2) is 0 Å². The summed E-state index contributed by atoms with van der Waals surface area (Å²) in [5, 5.41) is 12.6. The van der Waals surface area contributed by atoms with Crippen LogP contribution in [0.25, 0.3) is 0 Å². The second-order valence-electron chi connectivity index (χ2n) is 7.84. The highest BCUT2D eigenvalue weighted by Crippen LogP contribution is 2.26. The molecule has 0 saturated carbocycles. The summed E-state index contributed by atoms with van der Waals surface area (Å²) < 4.78 is 10.4. The SMILES string of the molecule is Cc1ccc(C(=O)O[C@@H](C(=O)O)[C@@H](OC(=O)c2ccc(C)cc2)C(=O)Nc2ccc(Cl)cc2Cl)cc1. The van der Waals surface area contributed by atoms with Crippen molar-refractivity contribution in [3.05, 3.63) is 99.0 Å². The second kappa shape index (κ2) is 11.7. The van der Waals surface area contributed by atoms with Gasteiger partial charge >= 0.3 is 17.9 Å². The van der Waals surface area contributed by atoms with Crippen molar-refractivity contribution in [2.24, 2.45) is 0 Å². The number of carboxylic acids is 1. The first kappa shape index (κ1) is 26.7. The Morgan fingerprint density at radius 3 is 1.67 bits per heavy atom. The first-order valence-electron chi connectivity index (χ1n) is 10.6. The van der Waals surface area contributed by atoms with Crippen molar-refractivity contribution in [2.45, 2.75) is 26.1 Å². The molecule has 0 aliphatic rings. The molecule has 0 fully saturated rings. The van der Waals surface area contributed by atoms with Crippen molar-refractivity contribution >= 4 is 52.7 Å². The summed E-state index contributed by atoms with van der Waals surface area (Å²) in [6, 6.07) is 16.5. The molecule has 1 amide bonds. The standard InChI is InChI=1S/C26H21Cl2NO7/c1-14-3-7-16(8-4-14)25(33)35-21(23(30)29-20-12-11-18(27)13-19(20)28)22(24(31)32)36-26(34)17-9-5-15(2)6-10-17/h3-13,21-22H,1-2H3,(H,29,30)(H,31,32)/t21-,22-/m1/s1. The Labute approximate surface area is 216 Å². The fourth-order valence-corrected chi connectivity index (χ4v) is 3.49. The number of carbonyl (C=O) groups excluding carboxylic acids is 3. The van der Waals surface area contributed by atoms with Crippen LogP contribution in [0.15, 0.2) is 66.7 Å². The average molecular weight is 530 g/mol. The molecular weight excluding hydrogens is 509 g/mol. The molecule has 0 spiro atoms. The molecule has 8 nitrogen and oxygen atoms in total. The summed E-state index contributed by atoms with van der Waals surface area (Å²) in [6.07, 6.45) is -4.23. The number of esters is 2. The second-order valence-corrected chi connectivity index (χ2v) is 8.68. The molecule has 0 bridgehead atoms. The monoisotopic (exact) mass is 529 g/mol. The topological polar surface area (TPSA) is 119 Å². The van der Waals surface area contributed by atoms with Gasteiger partial charge in [0.25, 0.3) is 5.91 Å². The Kier molecular flexibility index (Phi) is 8.68. The van der Waals surface area contributed by atoms with Crippen molar-refractivity contribution in [1.29, 1.82) is 0 Å². The number of aliphatic carboxylic acids is 1. The van der Waals surface area contributed by atoms with E-state index in [4.69, 9.17) is 32.7 Å². The molecule has 36 heavy (non-hydrogen) atoms. The molecule has 2 N–H and O–H groups in total. The molecule has 0 aliphatic carbocycles. The summed E-state index contributed by atoms with van der Waals surface area (Å²) in [5.74, 6) is -4.79. The molecule has 2 atom stereocenters. The van der Waals surface area contributed by atoms with Crippen LogP contribution in [-0.4, -0.2) is 41.1 Å². The Bertz CT molecular complexity index is 1290. The molecule has 186 valence electrons. The third-order valence-electron chi connectivity index (χ3n) is 5.01. The first-order chi connectivity index (χ1) is 17.0. The molecule has 10 heteroatoms. The van der Waals surface area contributed by atoms with Gasteiger partial charge < -0.3 is 19.9 Å². The minimum atomic E-state index is -2.17. The quantitative estimate of drug-likeness (QED) is 0.390. The van der Waals surface area contributed by atoms with E-state index in [0.29, 0.717) is 5.02 Å². The molecule has 3 aromatic carbocycles.